The van der Waals surface area contributed by atoms with Gasteiger partial charge >= 0.3 is 0 Å². The summed E-state index contributed by atoms with van der Waals surface area (Å²) in [5, 5.41) is 0. The quantitative estimate of drug-likeness (QED) is 0.615. The van der Waals surface area contributed by atoms with Crippen molar-refractivity contribution < 1.29 is 9.53 Å². The van der Waals surface area contributed by atoms with E-state index in [1.165, 1.54) is 5.57 Å². The summed E-state index contributed by atoms with van der Waals surface area (Å²) in [6, 6.07) is 0. The molecule has 0 radical (unpaired) electrons. The van der Waals surface area contributed by atoms with Crippen molar-refractivity contribution in [2.45, 2.75) is 71.5 Å². The zero-order valence-electron chi connectivity index (χ0n) is 13.8. The van der Waals surface area contributed by atoms with Gasteiger partial charge in [0.1, 0.15) is 5.78 Å². The van der Waals surface area contributed by atoms with Crippen molar-refractivity contribution in [3.63, 3.8) is 0 Å². The molecule has 2 heteroatoms. The fourth-order valence-corrected chi connectivity index (χ4v) is 4.25. The van der Waals surface area contributed by atoms with Crippen molar-refractivity contribution in [3.8, 4) is 0 Å². The molecule has 0 amide bonds. The minimum Gasteiger partial charge on any atom is -0.367 e. The number of allylic oxidation sites excluding steroid dienone is 2. The first-order valence-corrected chi connectivity index (χ1v) is 8.41. The van der Waals surface area contributed by atoms with Crippen LogP contribution in [0.25, 0.3) is 0 Å². The second-order valence-corrected chi connectivity index (χ2v) is 7.86. The normalized spacial score (nSPS) is 49.4. The van der Waals surface area contributed by atoms with Crippen LogP contribution in [-0.2, 0) is 9.53 Å². The van der Waals surface area contributed by atoms with Crippen molar-refractivity contribution >= 4 is 5.78 Å². The van der Waals surface area contributed by atoms with Crippen molar-refractivity contribution in [2.24, 2.45) is 17.3 Å². The Morgan fingerprint density at radius 1 is 1.29 bits per heavy atom. The van der Waals surface area contributed by atoms with Gasteiger partial charge in [-0.25, -0.2) is 0 Å². The molecule has 1 saturated carbocycles. The molecule has 21 heavy (non-hydrogen) atoms. The van der Waals surface area contributed by atoms with E-state index >= 15 is 0 Å². The Morgan fingerprint density at radius 2 is 2.05 bits per heavy atom. The van der Waals surface area contributed by atoms with Gasteiger partial charge in [0.2, 0.25) is 0 Å². The third kappa shape index (κ3) is 2.52. The molecule has 0 aromatic heterocycles. The Labute approximate surface area is 128 Å². The van der Waals surface area contributed by atoms with E-state index in [9.17, 15) is 4.79 Å². The van der Waals surface area contributed by atoms with Gasteiger partial charge in [0, 0.05) is 5.41 Å². The molecule has 116 valence electrons. The lowest BCUT2D eigenvalue weighted by Crippen LogP contribution is -2.53. The molecule has 4 bridgehead atoms. The average Bonchev–Trinajstić information content (AvgIpc) is 2.42. The van der Waals surface area contributed by atoms with E-state index in [2.05, 4.69) is 45.9 Å². The number of carbonyl (C=O) groups is 1. The molecule has 2 unspecified atom stereocenters. The van der Waals surface area contributed by atoms with Gasteiger partial charge in [-0.3, -0.25) is 4.79 Å². The predicted molar refractivity (Wildman–Crippen MR) is 85.0 cm³/mol. The van der Waals surface area contributed by atoms with Crippen LogP contribution in [0.4, 0.5) is 0 Å². The highest BCUT2D eigenvalue weighted by Crippen LogP contribution is 2.48. The molecule has 0 aromatic rings. The number of rotatable bonds is 0. The SMILES string of the molecule is C/C1=C\CC[C@@]2(C)C=CC3C(=O)[C@@](C)(CC1)[C@H](C)CC3O2. The largest absolute Gasteiger partial charge is 0.367 e. The Morgan fingerprint density at radius 3 is 2.81 bits per heavy atom. The monoisotopic (exact) mass is 288 g/mol. The Balaban J connectivity index is 2.02. The van der Waals surface area contributed by atoms with Crippen LogP contribution in [0.5, 0.6) is 0 Å². The standard InChI is InChI=1S/C19H28O2/c1-13-6-5-9-18(3)10-8-15-16(21-18)12-14(2)19(4,11-7-13)17(15)20/h6,8,10,14-16H,5,7,9,11-12H2,1-4H3/b13-6+/t14-,15?,16?,18+,19+/m1/s1. The molecular weight excluding hydrogens is 260 g/mol. The van der Waals surface area contributed by atoms with E-state index in [4.69, 9.17) is 4.74 Å². The molecule has 3 aliphatic heterocycles. The summed E-state index contributed by atoms with van der Waals surface area (Å²) in [6.45, 7) is 8.78. The van der Waals surface area contributed by atoms with E-state index in [1.54, 1.807) is 0 Å². The van der Waals surface area contributed by atoms with Crippen LogP contribution in [0.1, 0.15) is 59.8 Å². The summed E-state index contributed by atoms with van der Waals surface area (Å²) in [5.41, 5.74) is 1.02. The average molecular weight is 288 g/mol. The maximum atomic E-state index is 13.1. The fourth-order valence-electron chi connectivity index (χ4n) is 4.25. The van der Waals surface area contributed by atoms with E-state index in [1.807, 2.05) is 0 Å². The first kappa shape index (κ1) is 15.0. The highest BCUT2D eigenvalue weighted by Gasteiger charge is 2.51. The molecule has 2 aliphatic carbocycles. The maximum Gasteiger partial charge on any atom is 0.148 e. The zero-order valence-corrected chi connectivity index (χ0v) is 13.8. The molecule has 5 rings (SSSR count). The first-order valence-electron chi connectivity index (χ1n) is 8.41. The minimum absolute atomic E-state index is 0.0250. The van der Waals surface area contributed by atoms with Gasteiger partial charge in [0.25, 0.3) is 0 Å². The van der Waals surface area contributed by atoms with E-state index in [0.717, 1.165) is 32.1 Å². The summed E-state index contributed by atoms with van der Waals surface area (Å²) in [4.78, 5) is 13.1. The molecule has 0 aromatic carbocycles. The van der Waals surface area contributed by atoms with E-state index < -0.39 is 0 Å². The van der Waals surface area contributed by atoms with Crippen LogP contribution in [0.2, 0.25) is 0 Å². The smallest absolute Gasteiger partial charge is 0.148 e. The molecule has 5 atom stereocenters. The predicted octanol–water partition coefficient (Wildman–Crippen LogP) is 4.45. The third-order valence-corrected chi connectivity index (χ3v) is 6.19. The van der Waals surface area contributed by atoms with Gasteiger partial charge in [-0.2, -0.15) is 0 Å². The Kier molecular flexibility index (Phi) is 3.64. The molecule has 3 heterocycles. The van der Waals surface area contributed by atoms with Crippen molar-refractivity contribution in [1.29, 1.82) is 0 Å². The lowest BCUT2D eigenvalue weighted by molar-refractivity contribution is -0.160. The number of hydrogen-bond donors (Lipinski definition) is 0. The van der Waals surface area contributed by atoms with E-state index in [-0.39, 0.29) is 23.0 Å². The lowest BCUT2D eigenvalue weighted by Gasteiger charge is -2.49. The first-order chi connectivity index (χ1) is 9.84. The molecular formula is C19H28O2. The van der Waals surface area contributed by atoms with Gasteiger partial charge in [-0.15, -0.1) is 0 Å². The molecule has 0 N–H and O–H groups in total. The third-order valence-electron chi connectivity index (χ3n) is 6.19. The summed E-state index contributed by atoms with van der Waals surface area (Å²) >= 11 is 0. The molecule has 1 fully saturated rings. The van der Waals surface area contributed by atoms with Gasteiger partial charge in [0.15, 0.2) is 0 Å². The summed E-state index contributed by atoms with van der Waals surface area (Å²) in [6.07, 6.45) is 11.8. The van der Waals surface area contributed by atoms with Gasteiger partial charge in [-0.1, -0.05) is 37.6 Å². The van der Waals surface area contributed by atoms with Crippen LogP contribution < -0.4 is 0 Å². The van der Waals surface area contributed by atoms with Crippen LogP contribution in [-0.4, -0.2) is 17.5 Å². The summed E-state index contributed by atoms with van der Waals surface area (Å²) < 4.78 is 6.38. The highest BCUT2D eigenvalue weighted by atomic mass is 16.5. The molecule has 0 spiro atoms. The number of hydrogen-bond acceptors (Lipinski definition) is 2. The van der Waals surface area contributed by atoms with Crippen LogP contribution in [0.15, 0.2) is 23.8 Å². The maximum absolute atomic E-state index is 13.1. The second-order valence-electron chi connectivity index (χ2n) is 7.86. The van der Waals surface area contributed by atoms with Crippen LogP contribution >= 0.6 is 0 Å². The molecule has 5 aliphatic rings. The number of ether oxygens (including phenoxy) is 1. The van der Waals surface area contributed by atoms with Gasteiger partial charge < -0.3 is 4.74 Å². The number of ketones is 1. The Bertz CT molecular complexity index is 504. The topological polar surface area (TPSA) is 26.3 Å². The number of Topliss-reactive ketones (excluding diaryl/α,β-unsaturated/α-hetero) is 1. The molecule has 2 nitrogen and oxygen atoms in total. The van der Waals surface area contributed by atoms with E-state index in [0.29, 0.717) is 11.7 Å². The van der Waals surface area contributed by atoms with Crippen molar-refractivity contribution in [2.75, 3.05) is 0 Å². The second kappa shape index (κ2) is 5.08. The van der Waals surface area contributed by atoms with Crippen molar-refractivity contribution in [3.05, 3.63) is 23.8 Å². The summed E-state index contributed by atoms with van der Waals surface area (Å²) in [7, 11) is 0. The number of carbonyl (C=O) groups excluding carboxylic acids is 1. The number of fused-ring (bicyclic) bond motifs is 1. The summed E-state index contributed by atoms with van der Waals surface area (Å²) in [5.74, 6) is 0.773. The lowest BCUT2D eigenvalue weighted by atomic mass is 9.59. The fraction of sp³-hybridized carbons (Fsp3) is 0.737. The van der Waals surface area contributed by atoms with Gasteiger partial charge in [0.05, 0.1) is 17.6 Å². The molecule has 0 saturated heterocycles. The minimum atomic E-state index is -0.203. The van der Waals surface area contributed by atoms with Gasteiger partial charge in [-0.05, 0) is 51.9 Å². The van der Waals surface area contributed by atoms with Crippen molar-refractivity contribution in [1.82, 2.24) is 0 Å². The Hall–Kier alpha value is -0.890. The van der Waals surface area contributed by atoms with Crippen LogP contribution in [0.3, 0.4) is 0 Å². The van der Waals surface area contributed by atoms with Crippen LogP contribution in [0, 0.1) is 17.3 Å². The highest BCUT2D eigenvalue weighted by molar-refractivity contribution is 5.90. The zero-order chi connectivity index (χ0) is 15.3.